The van der Waals surface area contributed by atoms with E-state index in [0.717, 1.165) is 5.56 Å². The van der Waals surface area contributed by atoms with E-state index in [1.807, 2.05) is 37.3 Å². The van der Waals surface area contributed by atoms with Crippen molar-refractivity contribution in [2.24, 2.45) is 0 Å². The van der Waals surface area contributed by atoms with E-state index in [9.17, 15) is 14.7 Å². The van der Waals surface area contributed by atoms with Gasteiger partial charge in [0.1, 0.15) is 5.56 Å². The molecule has 26 heavy (non-hydrogen) atoms. The van der Waals surface area contributed by atoms with Crippen LogP contribution in [-0.2, 0) is 11.3 Å². The molecule has 0 aliphatic rings. The minimum absolute atomic E-state index is 0.229. The maximum atomic E-state index is 13.0. The number of carbonyl (C=O) groups is 1. The number of aromatic nitrogens is 1. The Balaban J connectivity index is 2.01. The van der Waals surface area contributed by atoms with Gasteiger partial charge >= 0.3 is 0 Å². The van der Waals surface area contributed by atoms with Gasteiger partial charge in [-0.05, 0) is 23.9 Å². The summed E-state index contributed by atoms with van der Waals surface area (Å²) in [4.78, 5) is 25.4. The number of rotatable bonds is 7. The lowest BCUT2D eigenvalue weighted by Gasteiger charge is -2.13. The molecule has 7 heteroatoms. The zero-order chi connectivity index (χ0) is 18.5. The molecular formula is C19H20N2O4S. The number of aromatic hydroxyl groups is 1. The van der Waals surface area contributed by atoms with Crippen molar-refractivity contribution >= 4 is 27.5 Å². The number of hydrogen-bond acceptors (Lipinski definition) is 5. The zero-order valence-electron chi connectivity index (χ0n) is 14.4. The topological polar surface area (TPSA) is 80.6 Å². The van der Waals surface area contributed by atoms with Crippen molar-refractivity contribution in [2.45, 2.75) is 13.5 Å². The fourth-order valence-electron chi connectivity index (χ4n) is 2.75. The maximum Gasteiger partial charge on any atom is 0.268 e. The van der Waals surface area contributed by atoms with Crippen molar-refractivity contribution < 1.29 is 14.6 Å². The van der Waals surface area contributed by atoms with E-state index in [1.165, 1.54) is 15.9 Å². The summed E-state index contributed by atoms with van der Waals surface area (Å²) in [6, 6.07) is 11.3. The average Bonchev–Trinajstić information content (AvgIpc) is 3.13. The van der Waals surface area contributed by atoms with Crippen LogP contribution in [0.3, 0.4) is 0 Å². The number of amides is 1. The van der Waals surface area contributed by atoms with Crippen LogP contribution in [0.4, 0.5) is 0 Å². The van der Waals surface area contributed by atoms with Crippen LogP contribution >= 0.6 is 11.3 Å². The quantitative estimate of drug-likeness (QED) is 0.625. The lowest BCUT2D eigenvalue weighted by atomic mass is 10.1. The van der Waals surface area contributed by atoms with E-state index in [-0.39, 0.29) is 17.9 Å². The van der Waals surface area contributed by atoms with Crippen molar-refractivity contribution in [1.29, 1.82) is 0 Å². The predicted molar refractivity (Wildman–Crippen MR) is 102 cm³/mol. The van der Waals surface area contributed by atoms with Gasteiger partial charge in [0, 0.05) is 13.2 Å². The molecule has 0 aliphatic heterocycles. The van der Waals surface area contributed by atoms with Gasteiger partial charge in [-0.25, -0.2) is 0 Å². The summed E-state index contributed by atoms with van der Waals surface area (Å²) in [5.41, 5.74) is 0.821. The largest absolute Gasteiger partial charge is 0.505 e. The number of pyridine rings is 1. The minimum Gasteiger partial charge on any atom is -0.505 e. The highest BCUT2D eigenvalue weighted by Crippen LogP contribution is 2.31. The second-order valence-electron chi connectivity index (χ2n) is 5.69. The second-order valence-corrected chi connectivity index (χ2v) is 6.60. The molecule has 3 rings (SSSR count). The molecule has 2 heterocycles. The molecule has 3 aromatic rings. The Labute approximate surface area is 154 Å². The van der Waals surface area contributed by atoms with Gasteiger partial charge in [-0.15, -0.1) is 11.3 Å². The number of carbonyl (C=O) groups excluding carboxylic acids is 1. The highest BCUT2D eigenvalue weighted by molar-refractivity contribution is 7.17. The normalized spacial score (nSPS) is 11.0. The van der Waals surface area contributed by atoms with Crippen molar-refractivity contribution in [3.63, 3.8) is 0 Å². The van der Waals surface area contributed by atoms with E-state index in [4.69, 9.17) is 4.74 Å². The molecule has 0 saturated heterocycles. The Morgan fingerprint density at radius 3 is 2.77 bits per heavy atom. The third-order valence-corrected chi connectivity index (χ3v) is 4.90. The standard InChI is InChI=1S/C19H20N2O4S/c1-2-25-10-9-20-18(23)15-16(22)17-14(8-11-26-17)21(19(15)24)12-13-6-4-3-5-7-13/h3-8,11,22H,2,9-10,12H2,1H3,(H,20,23). The number of ether oxygens (including phenoxy) is 1. The van der Waals surface area contributed by atoms with Gasteiger partial charge in [0.15, 0.2) is 5.75 Å². The second kappa shape index (κ2) is 8.16. The summed E-state index contributed by atoms with van der Waals surface area (Å²) in [6.45, 7) is 3.36. The molecule has 2 N–H and O–H groups in total. The summed E-state index contributed by atoms with van der Waals surface area (Å²) in [7, 11) is 0. The van der Waals surface area contributed by atoms with Gasteiger partial charge in [0.05, 0.1) is 23.4 Å². The third-order valence-electron chi connectivity index (χ3n) is 3.99. The molecule has 0 bridgehead atoms. The molecule has 1 amide bonds. The average molecular weight is 372 g/mol. The third kappa shape index (κ3) is 3.63. The van der Waals surface area contributed by atoms with Crippen LogP contribution in [-0.4, -0.2) is 35.3 Å². The summed E-state index contributed by atoms with van der Waals surface area (Å²) in [5, 5.41) is 14.9. The van der Waals surface area contributed by atoms with Gasteiger partial charge in [-0.1, -0.05) is 30.3 Å². The number of thiophene rings is 1. The van der Waals surface area contributed by atoms with Crippen molar-refractivity contribution in [3.8, 4) is 5.75 Å². The smallest absolute Gasteiger partial charge is 0.268 e. The van der Waals surface area contributed by atoms with Gasteiger partial charge in [0.25, 0.3) is 11.5 Å². The maximum absolute atomic E-state index is 13.0. The number of nitrogens with one attached hydrogen (secondary N) is 1. The number of fused-ring (bicyclic) bond motifs is 1. The first-order valence-corrected chi connectivity index (χ1v) is 9.24. The number of hydrogen-bond donors (Lipinski definition) is 2. The first-order chi connectivity index (χ1) is 12.6. The molecule has 0 saturated carbocycles. The summed E-state index contributed by atoms with van der Waals surface area (Å²) in [6.07, 6.45) is 0. The van der Waals surface area contributed by atoms with Crippen LogP contribution in [0.1, 0.15) is 22.8 Å². The lowest BCUT2D eigenvalue weighted by Crippen LogP contribution is -2.35. The van der Waals surface area contributed by atoms with E-state index in [0.29, 0.717) is 30.0 Å². The summed E-state index contributed by atoms with van der Waals surface area (Å²) in [5.74, 6) is -0.859. The van der Waals surface area contributed by atoms with Gasteiger partial charge in [-0.3, -0.25) is 9.59 Å². The molecule has 0 atom stereocenters. The van der Waals surface area contributed by atoms with Crippen LogP contribution in [0.5, 0.6) is 5.75 Å². The molecule has 0 unspecified atom stereocenters. The van der Waals surface area contributed by atoms with E-state index >= 15 is 0 Å². The first-order valence-electron chi connectivity index (χ1n) is 8.36. The summed E-state index contributed by atoms with van der Waals surface area (Å²) < 4.78 is 7.23. The van der Waals surface area contributed by atoms with Crippen molar-refractivity contribution in [2.75, 3.05) is 19.8 Å². The van der Waals surface area contributed by atoms with Crippen molar-refractivity contribution in [3.05, 3.63) is 63.3 Å². The molecule has 2 aromatic heterocycles. The van der Waals surface area contributed by atoms with E-state index in [1.54, 1.807) is 11.4 Å². The molecule has 1 aromatic carbocycles. The van der Waals surface area contributed by atoms with E-state index in [2.05, 4.69) is 5.32 Å². The lowest BCUT2D eigenvalue weighted by molar-refractivity contribution is 0.0918. The number of benzene rings is 1. The highest BCUT2D eigenvalue weighted by Gasteiger charge is 2.22. The SMILES string of the molecule is CCOCCNC(=O)c1c(O)c2sccc2n(Cc2ccccc2)c1=O. The van der Waals surface area contributed by atoms with Crippen LogP contribution < -0.4 is 10.9 Å². The molecule has 0 radical (unpaired) electrons. The van der Waals surface area contributed by atoms with Gasteiger partial charge in [0.2, 0.25) is 0 Å². The molecule has 0 spiro atoms. The fraction of sp³-hybridized carbons (Fsp3) is 0.263. The summed E-state index contributed by atoms with van der Waals surface area (Å²) >= 11 is 1.30. The zero-order valence-corrected chi connectivity index (χ0v) is 15.2. The monoisotopic (exact) mass is 372 g/mol. The Hall–Kier alpha value is -2.64. The highest BCUT2D eigenvalue weighted by atomic mass is 32.1. The molecule has 0 fully saturated rings. The van der Waals surface area contributed by atoms with Crippen molar-refractivity contribution in [1.82, 2.24) is 9.88 Å². The molecular weight excluding hydrogens is 352 g/mol. The van der Waals surface area contributed by atoms with Gasteiger partial charge < -0.3 is 19.7 Å². The van der Waals surface area contributed by atoms with Crippen LogP contribution in [0.15, 0.2) is 46.6 Å². The fourth-order valence-corrected chi connectivity index (χ4v) is 3.59. The number of nitrogens with zero attached hydrogens (tertiary/aromatic N) is 1. The predicted octanol–water partition coefficient (Wildman–Crippen LogP) is 2.58. The van der Waals surface area contributed by atoms with Crippen LogP contribution in [0, 0.1) is 0 Å². The van der Waals surface area contributed by atoms with Gasteiger partial charge in [-0.2, -0.15) is 0 Å². The molecule has 6 nitrogen and oxygen atoms in total. The van der Waals surface area contributed by atoms with E-state index < -0.39 is 11.5 Å². The Kier molecular flexibility index (Phi) is 5.70. The van der Waals surface area contributed by atoms with Crippen LogP contribution in [0.25, 0.3) is 10.2 Å². The first kappa shape index (κ1) is 18.2. The Morgan fingerprint density at radius 2 is 2.04 bits per heavy atom. The molecule has 0 aliphatic carbocycles. The Bertz CT molecular complexity index is 963. The Morgan fingerprint density at radius 1 is 1.27 bits per heavy atom. The minimum atomic E-state index is -0.593. The van der Waals surface area contributed by atoms with Crippen LogP contribution in [0.2, 0.25) is 0 Å². The molecule has 136 valence electrons.